The van der Waals surface area contributed by atoms with Crippen molar-refractivity contribution in [2.75, 3.05) is 6.54 Å². The molecule has 4 nitrogen and oxygen atoms in total. The fourth-order valence-corrected chi connectivity index (χ4v) is 2.72. The lowest BCUT2D eigenvalue weighted by Gasteiger charge is -2.30. The van der Waals surface area contributed by atoms with E-state index in [1.807, 2.05) is 18.3 Å². The molecule has 1 aliphatic carbocycles. The van der Waals surface area contributed by atoms with Gasteiger partial charge in [0.15, 0.2) is 0 Å². The summed E-state index contributed by atoms with van der Waals surface area (Å²) in [7, 11) is 0. The first kappa shape index (κ1) is 12.6. The normalized spacial score (nSPS) is 23.1. The zero-order chi connectivity index (χ0) is 13.1. The number of nitrogens with zero attached hydrogens (tertiary/aromatic N) is 2. The summed E-state index contributed by atoms with van der Waals surface area (Å²) in [5.74, 6) is 0.283. The molecule has 4 heteroatoms. The van der Waals surface area contributed by atoms with E-state index in [1.165, 1.54) is 6.42 Å². The lowest BCUT2D eigenvalue weighted by Crippen LogP contribution is -2.49. The zero-order valence-electron chi connectivity index (χ0n) is 11.2. The first-order chi connectivity index (χ1) is 9.34. The number of rotatable bonds is 4. The molecule has 0 aromatic carbocycles. The van der Waals surface area contributed by atoms with Gasteiger partial charge in [-0.05, 0) is 43.9 Å². The summed E-state index contributed by atoms with van der Waals surface area (Å²) in [6, 6.07) is 4.47. The minimum Gasteiger partial charge on any atom is -0.334 e. The van der Waals surface area contributed by atoms with E-state index in [1.54, 1.807) is 6.20 Å². The van der Waals surface area contributed by atoms with Crippen LogP contribution in [0.25, 0.3) is 0 Å². The van der Waals surface area contributed by atoms with E-state index in [0.29, 0.717) is 12.6 Å². The summed E-state index contributed by atoms with van der Waals surface area (Å²) < 4.78 is 0. The molecular formula is C15H21N3O. The monoisotopic (exact) mass is 259 g/mol. The van der Waals surface area contributed by atoms with E-state index < -0.39 is 0 Å². The highest BCUT2D eigenvalue weighted by molar-refractivity contribution is 5.82. The van der Waals surface area contributed by atoms with E-state index in [-0.39, 0.29) is 11.9 Å². The van der Waals surface area contributed by atoms with Crippen molar-refractivity contribution in [3.63, 3.8) is 0 Å². The molecule has 0 radical (unpaired) electrons. The highest BCUT2D eigenvalue weighted by atomic mass is 16.2. The second-order valence-corrected chi connectivity index (χ2v) is 5.56. The molecule has 2 aliphatic rings. The first-order valence-electron chi connectivity index (χ1n) is 7.27. The van der Waals surface area contributed by atoms with Gasteiger partial charge in [0.1, 0.15) is 0 Å². The summed E-state index contributed by atoms with van der Waals surface area (Å²) in [5.41, 5.74) is 1.12. The minimum absolute atomic E-state index is 0.0334. The molecule has 1 aliphatic heterocycles. The molecule has 1 saturated heterocycles. The van der Waals surface area contributed by atoms with Gasteiger partial charge in [0, 0.05) is 25.0 Å². The second-order valence-electron chi connectivity index (χ2n) is 5.56. The Labute approximate surface area is 114 Å². The molecule has 1 aromatic rings. The molecule has 1 saturated carbocycles. The predicted octanol–water partition coefficient (Wildman–Crippen LogP) is 1.71. The van der Waals surface area contributed by atoms with Gasteiger partial charge in [-0.15, -0.1) is 0 Å². The summed E-state index contributed by atoms with van der Waals surface area (Å²) >= 11 is 0. The first-order valence-corrected chi connectivity index (χ1v) is 7.27. The molecule has 102 valence electrons. The maximum absolute atomic E-state index is 12.6. The third kappa shape index (κ3) is 3.13. The van der Waals surface area contributed by atoms with Crippen molar-refractivity contribution in [2.45, 2.75) is 50.7 Å². The molecule has 2 fully saturated rings. The van der Waals surface area contributed by atoms with Crippen molar-refractivity contribution in [1.82, 2.24) is 15.2 Å². The number of nitrogens with one attached hydrogen (secondary N) is 1. The van der Waals surface area contributed by atoms with E-state index in [9.17, 15) is 4.79 Å². The highest BCUT2D eigenvalue weighted by Crippen LogP contribution is 2.29. The van der Waals surface area contributed by atoms with Gasteiger partial charge in [0.2, 0.25) is 5.91 Å². The van der Waals surface area contributed by atoms with Gasteiger partial charge in [-0.2, -0.15) is 0 Å². The third-order valence-corrected chi connectivity index (χ3v) is 3.95. The van der Waals surface area contributed by atoms with Crippen molar-refractivity contribution in [1.29, 1.82) is 0 Å². The molecule has 3 rings (SSSR count). The van der Waals surface area contributed by atoms with Crippen molar-refractivity contribution < 1.29 is 4.79 Å². The third-order valence-electron chi connectivity index (χ3n) is 3.95. The van der Waals surface area contributed by atoms with Crippen LogP contribution in [0.5, 0.6) is 0 Å². The Morgan fingerprint density at radius 3 is 2.89 bits per heavy atom. The van der Waals surface area contributed by atoms with Gasteiger partial charge < -0.3 is 10.2 Å². The fraction of sp³-hybridized carbons (Fsp3) is 0.600. The predicted molar refractivity (Wildman–Crippen MR) is 73.5 cm³/mol. The number of hydrogen-bond donors (Lipinski definition) is 1. The van der Waals surface area contributed by atoms with Crippen LogP contribution in [0.4, 0.5) is 0 Å². The number of hydrogen-bond acceptors (Lipinski definition) is 3. The van der Waals surface area contributed by atoms with Crippen LogP contribution in [-0.2, 0) is 11.3 Å². The molecular weight excluding hydrogens is 238 g/mol. The Morgan fingerprint density at radius 2 is 2.26 bits per heavy atom. The van der Waals surface area contributed by atoms with Gasteiger partial charge >= 0.3 is 0 Å². The van der Waals surface area contributed by atoms with Crippen molar-refractivity contribution in [2.24, 2.45) is 0 Å². The molecule has 2 heterocycles. The Kier molecular flexibility index (Phi) is 3.78. The maximum Gasteiger partial charge on any atom is 0.240 e. The number of carbonyl (C=O) groups is 1. The van der Waals surface area contributed by atoms with Crippen LogP contribution in [0.2, 0.25) is 0 Å². The quantitative estimate of drug-likeness (QED) is 0.895. The number of piperidine rings is 1. The summed E-state index contributed by atoms with van der Waals surface area (Å²) in [4.78, 5) is 18.8. The average Bonchev–Trinajstić information content (AvgIpc) is 3.31. The Hall–Kier alpha value is -1.42. The topological polar surface area (TPSA) is 45.2 Å². The molecule has 0 bridgehead atoms. The van der Waals surface area contributed by atoms with Crippen LogP contribution in [0.3, 0.4) is 0 Å². The van der Waals surface area contributed by atoms with Gasteiger partial charge in [-0.3, -0.25) is 9.78 Å². The van der Waals surface area contributed by atoms with Crippen LogP contribution in [0.15, 0.2) is 24.5 Å². The molecule has 1 N–H and O–H groups in total. The lowest BCUT2D eigenvalue weighted by molar-refractivity contribution is -0.135. The number of pyridine rings is 1. The number of amides is 1. The second kappa shape index (κ2) is 5.70. The van der Waals surface area contributed by atoms with Crippen LogP contribution < -0.4 is 5.32 Å². The smallest absolute Gasteiger partial charge is 0.240 e. The highest BCUT2D eigenvalue weighted by Gasteiger charge is 2.36. The minimum atomic E-state index is 0.0334. The molecule has 0 unspecified atom stereocenters. The van der Waals surface area contributed by atoms with Crippen LogP contribution in [0.1, 0.15) is 37.7 Å². The van der Waals surface area contributed by atoms with E-state index in [4.69, 9.17) is 0 Å². The zero-order valence-corrected chi connectivity index (χ0v) is 11.2. The summed E-state index contributed by atoms with van der Waals surface area (Å²) in [5, 5.41) is 3.36. The van der Waals surface area contributed by atoms with Crippen LogP contribution >= 0.6 is 0 Å². The van der Waals surface area contributed by atoms with Gasteiger partial charge in [0.25, 0.3) is 0 Å². The van der Waals surface area contributed by atoms with Gasteiger partial charge in [-0.1, -0.05) is 12.5 Å². The largest absolute Gasteiger partial charge is 0.334 e. The lowest BCUT2D eigenvalue weighted by atomic mass is 10.0. The SMILES string of the molecule is O=C([C@H]1CCCCN1)N(Cc1cccnc1)C1CC1. The Balaban J connectivity index is 1.68. The Morgan fingerprint density at radius 1 is 1.37 bits per heavy atom. The number of carbonyl (C=O) groups excluding carboxylic acids is 1. The van der Waals surface area contributed by atoms with Crippen molar-refractivity contribution >= 4 is 5.91 Å². The standard InChI is InChI=1S/C15H21N3O/c19-15(14-5-1-2-9-17-14)18(13-6-7-13)11-12-4-3-8-16-10-12/h3-4,8,10,13-14,17H,1-2,5-7,9,11H2/t14-/m1/s1. The van der Waals surface area contributed by atoms with E-state index in [2.05, 4.69) is 15.2 Å². The Bertz CT molecular complexity index is 424. The van der Waals surface area contributed by atoms with Crippen molar-refractivity contribution in [3.05, 3.63) is 30.1 Å². The summed E-state index contributed by atoms with van der Waals surface area (Å²) in [6.07, 6.45) is 9.27. The van der Waals surface area contributed by atoms with Gasteiger partial charge in [0.05, 0.1) is 6.04 Å². The maximum atomic E-state index is 12.6. The summed E-state index contributed by atoms with van der Waals surface area (Å²) in [6.45, 7) is 1.68. The van der Waals surface area contributed by atoms with E-state index >= 15 is 0 Å². The number of aromatic nitrogens is 1. The molecule has 1 aromatic heterocycles. The molecule has 0 spiro atoms. The van der Waals surface area contributed by atoms with E-state index in [0.717, 1.165) is 37.8 Å². The fourth-order valence-electron chi connectivity index (χ4n) is 2.72. The van der Waals surface area contributed by atoms with Crippen LogP contribution in [0, 0.1) is 0 Å². The van der Waals surface area contributed by atoms with Crippen LogP contribution in [-0.4, -0.2) is 34.4 Å². The molecule has 19 heavy (non-hydrogen) atoms. The van der Waals surface area contributed by atoms with Crippen molar-refractivity contribution in [3.8, 4) is 0 Å². The van der Waals surface area contributed by atoms with Gasteiger partial charge in [-0.25, -0.2) is 0 Å². The molecule has 1 atom stereocenters. The molecule has 1 amide bonds. The average molecular weight is 259 g/mol.